The fourth-order valence-corrected chi connectivity index (χ4v) is 11.9. The summed E-state index contributed by atoms with van der Waals surface area (Å²) >= 11 is 0. The molecule has 0 radical (unpaired) electrons. The Hall–Kier alpha value is -10.7. The van der Waals surface area contributed by atoms with Gasteiger partial charge in [0.2, 0.25) is 5.91 Å². The second-order valence-electron chi connectivity index (χ2n) is 21.7. The zero-order chi connectivity index (χ0) is 59.7. The molecule has 2 N–H and O–H groups in total. The number of ether oxygens (including phenoxy) is 4. The predicted molar refractivity (Wildman–Crippen MR) is 313 cm³/mol. The lowest BCUT2D eigenvalue weighted by atomic mass is 9.91. The number of nitrogens with zero attached hydrogens (tertiary/aromatic N) is 5. The van der Waals surface area contributed by atoms with Gasteiger partial charge in [0.15, 0.2) is 30.9 Å². The number of aromatic nitrogens is 1. The number of carbonyl (C=O) groups excluding carboxylic acids is 6. The Labute approximate surface area is 500 Å². The number of amides is 3. The van der Waals surface area contributed by atoms with Crippen molar-refractivity contribution in [3.63, 3.8) is 0 Å². The van der Waals surface area contributed by atoms with E-state index in [4.69, 9.17) is 48.5 Å². The van der Waals surface area contributed by atoms with Crippen molar-refractivity contribution in [3.8, 4) is 23.0 Å². The Bertz CT molecular complexity index is 4250. The Kier molecular flexibility index (Phi) is 13.5. The Morgan fingerprint density at radius 1 is 0.466 bits per heavy atom. The van der Waals surface area contributed by atoms with Gasteiger partial charge in [0.25, 0.3) is 11.8 Å². The maximum absolute atomic E-state index is 13.4. The summed E-state index contributed by atoms with van der Waals surface area (Å²) in [7, 11) is 0. The molecule has 21 heteroatoms. The van der Waals surface area contributed by atoms with Gasteiger partial charge in [-0.25, -0.2) is 43.9 Å². The molecule has 88 heavy (non-hydrogen) atoms. The Morgan fingerprint density at radius 3 is 1.26 bits per heavy atom. The molecule has 14 bridgehead atoms. The van der Waals surface area contributed by atoms with Crippen LogP contribution >= 0.6 is 0 Å². The molecule has 3 fully saturated rings. The minimum Gasteiger partial charge on any atom is -0.508 e. The first kappa shape index (κ1) is 54.0. The lowest BCUT2D eigenvalue weighted by Crippen LogP contribution is -2.56. The van der Waals surface area contributed by atoms with Gasteiger partial charge in [0, 0.05) is 33.7 Å². The average molecular weight is 1180 g/mol. The maximum atomic E-state index is 13.4. The average Bonchev–Trinajstić information content (AvgIpc) is 1.94. The largest absolute Gasteiger partial charge is 0.508 e. The summed E-state index contributed by atoms with van der Waals surface area (Å²) in [5.41, 5.74) is 11.6. The number of benzene rings is 4. The molecule has 13 heterocycles. The summed E-state index contributed by atoms with van der Waals surface area (Å²) in [6, 6.07) is 31.9. The molecule has 6 atom stereocenters. The number of hydrogen-bond donors (Lipinski definition) is 2. The molecule has 5 aromatic rings. The topological polar surface area (TPSA) is 247 Å². The van der Waals surface area contributed by atoms with Crippen molar-refractivity contribution in [3.05, 3.63) is 238 Å². The van der Waals surface area contributed by atoms with Crippen LogP contribution in [0.15, 0.2) is 215 Å². The molecule has 436 valence electrons. The minimum absolute atomic E-state index is 0.0864. The van der Waals surface area contributed by atoms with E-state index in [2.05, 4.69) is 4.98 Å². The molecular weight excluding hydrogens is 1130 g/mol. The van der Waals surface area contributed by atoms with Crippen LogP contribution in [0.2, 0.25) is 0 Å². The molecule has 13 aliphatic rings. The van der Waals surface area contributed by atoms with Gasteiger partial charge in [0.05, 0.1) is 35.3 Å². The number of fused-ring (bicyclic) bond motifs is 12. The Morgan fingerprint density at radius 2 is 0.875 bits per heavy atom. The number of H-pyrrole nitrogens is 1. The van der Waals surface area contributed by atoms with E-state index in [0.29, 0.717) is 51.8 Å². The van der Waals surface area contributed by atoms with Crippen LogP contribution in [0.3, 0.4) is 0 Å². The smallest absolute Gasteiger partial charge is 0.331 e. The lowest BCUT2D eigenvalue weighted by molar-refractivity contribution is -0.374. The van der Waals surface area contributed by atoms with Crippen molar-refractivity contribution in [2.24, 2.45) is 15.9 Å². The highest BCUT2D eigenvalue weighted by Crippen LogP contribution is 2.42. The molecular formula is C67H48N6O15. The number of carbonyl (C=O) groups is 6. The highest BCUT2D eigenvalue weighted by molar-refractivity contribution is 6.34. The number of phenolic OH excluding ortho intramolecular Hbond substituents is 1. The summed E-state index contributed by atoms with van der Waals surface area (Å²) in [6.45, 7) is -0.747. The predicted octanol–water partition coefficient (Wildman–Crippen LogP) is 7.34. The molecule has 12 aliphatic heterocycles. The fraction of sp³-hybridized carbons (Fsp3) is 0.164. The molecule has 0 spiro atoms. The van der Waals surface area contributed by atoms with Crippen molar-refractivity contribution in [1.82, 2.24) is 19.7 Å². The van der Waals surface area contributed by atoms with Crippen molar-refractivity contribution in [2.45, 2.75) is 37.3 Å². The normalized spacial score (nSPS) is 23.6. The first-order chi connectivity index (χ1) is 42.9. The lowest BCUT2D eigenvalue weighted by Gasteiger charge is -2.39. The van der Waals surface area contributed by atoms with Crippen LogP contribution in [0.5, 0.6) is 23.0 Å². The van der Waals surface area contributed by atoms with Gasteiger partial charge in [-0.05, 0) is 155 Å². The number of rotatable bonds is 13. The van der Waals surface area contributed by atoms with Crippen LogP contribution in [0.25, 0.3) is 22.3 Å². The number of nitrogens with one attached hydrogen (secondary N) is 1. The molecule has 3 saturated heterocycles. The molecule has 1 aromatic heterocycles. The molecule has 21 nitrogen and oxygen atoms in total. The highest BCUT2D eigenvalue weighted by Gasteiger charge is 2.43. The van der Waals surface area contributed by atoms with Gasteiger partial charge in [0.1, 0.15) is 42.6 Å². The van der Waals surface area contributed by atoms with E-state index >= 15 is 0 Å². The fourth-order valence-electron chi connectivity index (χ4n) is 11.9. The molecule has 3 amide bonds. The summed E-state index contributed by atoms with van der Waals surface area (Å²) in [4.78, 5) is 118. The number of allylic oxidation sites excluding steroid dienone is 10. The first-order valence-corrected chi connectivity index (χ1v) is 28.2. The van der Waals surface area contributed by atoms with Crippen molar-refractivity contribution in [2.75, 3.05) is 26.2 Å². The molecule has 4 aromatic carbocycles. The van der Waals surface area contributed by atoms with Crippen LogP contribution in [-0.4, -0.2) is 129 Å². The SMILES string of the molecule is O=C(CN1C(=O)C2C=CC1OC2)Oc1ccc(C2=C3C=CC(=C(c4ccc(OC(=O)CN5C(=O)C6C=CC5OO6)cc4)C4=NC(=C(c5ccc(O)cc5)c5ccc([nH]5)C(c5ccc(OC(=O)CN6C(=O)C7C=CC6OO7)cc5)=C5C=CC2=N5)C=C4)C3)cc1. The zero-order valence-electron chi connectivity index (χ0n) is 46.2. The van der Waals surface area contributed by atoms with Gasteiger partial charge in [-0.2, -0.15) is 0 Å². The summed E-state index contributed by atoms with van der Waals surface area (Å²) in [5, 5.41) is 10.5. The van der Waals surface area contributed by atoms with Gasteiger partial charge < -0.3 is 33.9 Å². The van der Waals surface area contributed by atoms with Gasteiger partial charge >= 0.3 is 17.9 Å². The second-order valence-corrected chi connectivity index (χ2v) is 21.7. The monoisotopic (exact) mass is 1180 g/mol. The molecule has 6 unspecified atom stereocenters. The van der Waals surface area contributed by atoms with E-state index in [1.165, 1.54) is 14.7 Å². The number of aliphatic imine (C=N–C) groups is 2. The third-order valence-electron chi connectivity index (χ3n) is 16.2. The van der Waals surface area contributed by atoms with E-state index in [1.807, 2.05) is 97.1 Å². The zero-order valence-corrected chi connectivity index (χ0v) is 46.2. The Balaban J connectivity index is 0.811. The van der Waals surface area contributed by atoms with Crippen molar-refractivity contribution in [1.29, 1.82) is 0 Å². The molecule has 18 rings (SSSR count). The first-order valence-electron chi connectivity index (χ1n) is 28.2. The number of hydrogen-bond acceptors (Lipinski definition) is 17. The number of phenols is 1. The number of aromatic amines is 1. The van der Waals surface area contributed by atoms with Crippen molar-refractivity contribution < 1.29 is 72.4 Å². The summed E-state index contributed by atoms with van der Waals surface area (Å²) in [6.07, 6.45) is 18.1. The van der Waals surface area contributed by atoms with Gasteiger partial charge in [-0.15, -0.1) is 0 Å². The van der Waals surface area contributed by atoms with E-state index in [1.54, 1.807) is 85.0 Å². The van der Waals surface area contributed by atoms with Gasteiger partial charge in [-0.3, -0.25) is 24.2 Å². The summed E-state index contributed by atoms with van der Waals surface area (Å²) < 4.78 is 23.0. The van der Waals surface area contributed by atoms with E-state index in [-0.39, 0.29) is 55.1 Å². The number of aromatic hydroxyl groups is 1. The molecule has 0 saturated carbocycles. The molecule has 1 aliphatic carbocycles. The second kappa shape index (κ2) is 22.0. The van der Waals surface area contributed by atoms with E-state index < -0.39 is 66.5 Å². The third kappa shape index (κ3) is 10.1. The van der Waals surface area contributed by atoms with Crippen molar-refractivity contribution >= 4 is 69.3 Å². The third-order valence-corrected chi connectivity index (χ3v) is 16.2. The number of esters is 3. The standard InChI is InChI=1S/C67H48N6O15/c74-43-12-3-38(4-13-43)63-49-22-20-47(68-49)61(37-7-16-45(17-8-37)83-59(76)33-72-56-29-26-53(66(72)79)85-87-56)40-1-2-41(31-40)62(36-5-14-44(15-6-36)82-58(75)32-71-55-28-11-42(35-81-55)65(71)78)48-21-23-50(69-48)64(52-25-24-51(63)70-52)39-9-18-46(19-10-39)84-60(77)34-73-57-30-27-54(67(73)80)86-88-57/h1-30,42,53-57,70,74H,31-35H2. The van der Waals surface area contributed by atoms with Crippen LogP contribution in [0.4, 0.5) is 0 Å². The van der Waals surface area contributed by atoms with E-state index in [9.17, 15) is 33.9 Å². The van der Waals surface area contributed by atoms with Crippen LogP contribution in [-0.2, 0) is 53.1 Å². The van der Waals surface area contributed by atoms with Gasteiger partial charge in [-0.1, -0.05) is 66.8 Å². The van der Waals surface area contributed by atoms with Crippen LogP contribution in [0.1, 0.15) is 40.1 Å². The highest BCUT2D eigenvalue weighted by atomic mass is 17.2. The maximum Gasteiger partial charge on any atom is 0.331 e. The quantitative estimate of drug-likeness (QED) is 0.0507. The van der Waals surface area contributed by atoms with Crippen LogP contribution in [0, 0.1) is 5.92 Å². The van der Waals surface area contributed by atoms with E-state index in [0.717, 1.165) is 44.6 Å². The van der Waals surface area contributed by atoms with Crippen LogP contribution < -0.4 is 14.2 Å². The minimum atomic E-state index is -0.935. The summed E-state index contributed by atoms with van der Waals surface area (Å²) in [5.74, 6) is -2.58.